The molecule has 0 radical (unpaired) electrons. The van der Waals surface area contributed by atoms with Gasteiger partial charge in [0.15, 0.2) is 0 Å². The van der Waals surface area contributed by atoms with E-state index in [2.05, 4.69) is 32.7 Å². The predicted molar refractivity (Wildman–Crippen MR) is 95.8 cm³/mol. The number of likely N-dealkylation sites (N-methyl/N-ethyl adjacent to an activating group) is 2. The lowest BCUT2D eigenvalue weighted by molar-refractivity contribution is -0.131. The van der Waals surface area contributed by atoms with E-state index in [1.54, 1.807) is 4.90 Å². The molecule has 2 rings (SSSR count). The Morgan fingerprint density at radius 2 is 1.78 bits per heavy atom. The molecule has 1 aromatic rings. The number of hydrogen-bond donors (Lipinski definition) is 0. The van der Waals surface area contributed by atoms with Gasteiger partial charge in [-0.1, -0.05) is 22.9 Å². The van der Waals surface area contributed by atoms with Crippen LogP contribution in [0.4, 0.5) is 0 Å². The van der Waals surface area contributed by atoms with E-state index in [0.29, 0.717) is 19.7 Å². The molecule has 0 atom stereocenters. The summed E-state index contributed by atoms with van der Waals surface area (Å²) in [5.74, 6) is 0.985. The topological polar surface area (TPSA) is 36.0 Å². The number of ether oxygens (including phenoxy) is 1. The number of carbonyl (C=O) groups is 1. The molecule has 0 saturated carbocycles. The standard InChI is InChI=1S/C17H26BrN3O2/c1-3-20-8-10-21(11-9-20)14-17(22)19(2)12-13-23-16-6-4-15(18)5-7-16/h4-7H,3,8-14H2,1-2H3. The predicted octanol–water partition coefficient (Wildman–Crippen LogP) is 1.92. The Hall–Kier alpha value is -1.11. The van der Waals surface area contributed by atoms with Crippen LogP contribution >= 0.6 is 15.9 Å². The third-order valence-electron chi connectivity index (χ3n) is 4.21. The zero-order valence-corrected chi connectivity index (χ0v) is 15.6. The maximum absolute atomic E-state index is 12.3. The minimum atomic E-state index is 0.161. The van der Waals surface area contributed by atoms with E-state index in [1.165, 1.54) is 0 Å². The smallest absolute Gasteiger partial charge is 0.236 e. The molecule has 1 aromatic carbocycles. The highest BCUT2D eigenvalue weighted by Crippen LogP contribution is 2.15. The Kier molecular flexibility index (Phi) is 7.33. The van der Waals surface area contributed by atoms with Crippen LogP contribution < -0.4 is 4.74 Å². The Morgan fingerprint density at radius 3 is 2.39 bits per heavy atom. The van der Waals surface area contributed by atoms with Gasteiger partial charge in [-0.15, -0.1) is 0 Å². The Balaban J connectivity index is 1.65. The molecule has 0 unspecified atom stereocenters. The van der Waals surface area contributed by atoms with Crippen LogP contribution in [-0.4, -0.2) is 80.1 Å². The Labute approximate surface area is 147 Å². The molecule has 0 aromatic heterocycles. The largest absolute Gasteiger partial charge is 0.492 e. The summed E-state index contributed by atoms with van der Waals surface area (Å²) in [6, 6.07) is 7.72. The fourth-order valence-electron chi connectivity index (χ4n) is 2.53. The molecular weight excluding hydrogens is 358 g/mol. The molecule has 1 fully saturated rings. The summed E-state index contributed by atoms with van der Waals surface area (Å²) in [6.07, 6.45) is 0. The number of carbonyl (C=O) groups excluding carboxylic acids is 1. The number of benzene rings is 1. The summed E-state index contributed by atoms with van der Waals surface area (Å²) in [6.45, 7) is 8.95. The van der Waals surface area contributed by atoms with Crippen LogP contribution in [0.3, 0.4) is 0 Å². The van der Waals surface area contributed by atoms with Crippen LogP contribution in [0.15, 0.2) is 28.7 Å². The second-order valence-electron chi connectivity index (χ2n) is 5.83. The highest BCUT2D eigenvalue weighted by Gasteiger charge is 2.19. The van der Waals surface area contributed by atoms with E-state index < -0.39 is 0 Å². The van der Waals surface area contributed by atoms with Crippen LogP contribution in [0.1, 0.15) is 6.92 Å². The number of nitrogens with zero attached hydrogens (tertiary/aromatic N) is 3. The number of hydrogen-bond acceptors (Lipinski definition) is 4. The van der Waals surface area contributed by atoms with Gasteiger partial charge in [0.1, 0.15) is 12.4 Å². The van der Waals surface area contributed by atoms with Crippen molar-refractivity contribution in [1.82, 2.24) is 14.7 Å². The molecule has 0 spiro atoms. The van der Waals surface area contributed by atoms with Crippen molar-refractivity contribution < 1.29 is 9.53 Å². The van der Waals surface area contributed by atoms with Gasteiger partial charge >= 0.3 is 0 Å². The molecule has 0 aliphatic carbocycles. The van der Waals surface area contributed by atoms with Gasteiger partial charge in [0, 0.05) is 37.7 Å². The quantitative estimate of drug-likeness (QED) is 0.720. The lowest BCUT2D eigenvalue weighted by Gasteiger charge is -2.34. The first-order chi connectivity index (χ1) is 11.1. The van der Waals surface area contributed by atoms with E-state index in [4.69, 9.17) is 4.74 Å². The van der Waals surface area contributed by atoms with Gasteiger partial charge in [0.2, 0.25) is 5.91 Å². The third kappa shape index (κ3) is 6.12. The number of rotatable bonds is 7. The van der Waals surface area contributed by atoms with Crippen molar-refractivity contribution in [3.05, 3.63) is 28.7 Å². The summed E-state index contributed by atoms with van der Waals surface area (Å²) in [7, 11) is 1.84. The van der Waals surface area contributed by atoms with Crippen LogP contribution in [0.25, 0.3) is 0 Å². The normalized spacial score (nSPS) is 16.3. The minimum Gasteiger partial charge on any atom is -0.492 e. The summed E-state index contributed by atoms with van der Waals surface area (Å²) < 4.78 is 6.69. The number of piperazine rings is 1. The van der Waals surface area contributed by atoms with Gasteiger partial charge in [0.25, 0.3) is 0 Å². The van der Waals surface area contributed by atoms with Crippen LogP contribution in [-0.2, 0) is 4.79 Å². The molecule has 1 heterocycles. The monoisotopic (exact) mass is 383 g/mol. The molecule has 128 valence electrons. The van der Waals surface area contributed by atoms with E-state index in [-0.39, 0.29) is 5.91 Å². The molecule has 0 N–H and O–H groups in total. The van der Waals surface area contributed by atoms with Gasteiger partial charge in [-0.25, -0.2) is 0 Å². The second kappa shape index (κ2) is 9.25. The van der Waals surface area contributed by atoms with Gasteiger partial charge < -0.3 is 14.5 Å². The van der Waals surface area contributed by atoms with Crippen molar-refractivity contribution >= 4 is 21.8 Å². The average molecular weight is 384 g/mol. The highest BCUT2D eigenvalue weighted by molar-refractivity contribution is 9.10. The summed E-state index contributed by atoms with van der Waals surface area (Å²) >= 11 is 3.40. The van der Waals surface area contributed by atoms with Gasteiger partial charge in [-0.3, -0.25) is 9.69 Å². The maximum atomic E-state index is 12.3. The second-order valence-corrected chi connectivity index (χ2v) is 6.74. The molecule has 23 heavy (non-hydrogen) atoms. The van der Waals surface area contributed by atoms with E-state index in [1.807, 2.05) is 31.3 Å². The van der Waals surface area contributed by atoms with Crippen molar-refractivity contribution in [1.29, 1.82) is 0 Å². The van der Waals surface area contributed by atoms with Crippen molar-refractivity contribution in [2.24, 2.45) is 0 Å². The van der Waals surface area contributed by atoms with Crippen LogP contribution in [0.2, 0.25) is 0 Å². The van der Waals surface area contributed by atoms with Crippen LogP contribution in [0, 0.1) is 0 Å². The molecule has 0 bridgehead atoms. The maximum Gasteiger partial charge on any atom is 0.236 e. The summed E-state index contributed by atoms with van der Waals surface area (Å²) in [4.78, 5) is 18.7. The minimum absolute atomic E-state index is 0.161. The van der Waals surface area contributed by atoms with Crippen molar-refractivity contribution in [2.75, 3.05) is 59.5 Å². The van der Waals surface area contributed by atoms with Crippen molar-refractivity contribution in [2.45, 2.75) is 6.92 Å². The number of amides is 1. The molecule has 1 aliphatic heterocycles. The zero-order chi connectivity index (χ0) is 16.7. The van der Waals surface area contributed by atoms with Gasteiger partial charge in [-0.05, 0) is 30.8 Å². The van der Waals surface area contributed by atoms with E-state index >= 15 is 0 Å². The molecule has 5 nitrogen and oxygen atoms in total. The lowest BCUT2D eigenvalue weighted by Crippen LogP contribution is -2.49. The van der Waals surface area contributed by atoms with Crippen molar-refractivity contribution in [3.8, 4) is 5.75 Å². The lowest BCUT2D eigenvalue weighted by atomic mass is 10.3. The summed E-state index contributed by atoms with van der Waals surface area (Å²) in [5.41, 5.74) is 0. The molecule has 1 amide bonds. The van der Waals surface area contributed by atoms with E-state index in [9.17, 15) is 4.79 Å². The fourth-order valence-corrected chi connectivity index (χ4v) is 2.80. The first kappa shape index (κ1) is 18.2. The average Bonchev–Trinajstić information content (AvgIpc) is 2.57. The van der Waals surface area contributed by atoms with Crippen molar-refractivity contribution in [3.63, 3.8) is 0 Å². The Morgan fingerprint density at radius 1 is 1.17 bits per heavy atom. The fraction of sp³-hybridized carbons (Fsp3) is 0.588. The Bertz CT molecular complexity index is 487. The van der Waals surface area contributed by atoms with Gasteiger partial charge in [0.05, 0.1) is 13.1 Å². The van der Waals surface area contributed by atoms with Crippen LogP contribution in [0.5, 0.6) is 5.75 Å². The molecule has 1 saturated heterocycles. The SMILES string of the molecule is CCN1CCN(CC(=O)N(C)CCOc2ccc(Br)cc2)CC1. The van der Waals surface area contributed by atoms with Gasteiger partial charge in [-0.2, -0.15) is 0 Å². The zero-order valence-electron chi connectivity index (χ0n) is 14.0. The number of halogens is 1. The first-order valence-electron chi connectivity index (χ1n) is 8.15. The van der Waals surface area contributed by atoms with E-state index in [0.717, 1.165) is 42.9 Å². The molecule has 6 heteroatoms. The molecular formula is C17H26BrN3O2. The summed E-state index contributed by atoms with van der Waals surface area (Å²) in [5, 5.41) is 0. The first-order valence-corrected chi connectivity index (χ1v) is 8.95. The highest BCUT2D eigenvalue weighted by atomic mass is 79.9. The third-order valence-corrected chi connectivity index (χ3v) is 4.73. The molecule has 1 aliphatic rings.